The van der Waals surface area contributed by atoms with Gasteiger partial charge in [0.25, 0.3) is 0 Å². The van der Waals surface area contributed by atoms with E-state index in [2.05, 4.69) is 12.2 Å². The molecule has 0 amide bonds. The van der Waals surface area contributed by atoms with Gasteiger partial charge in [0.1, 0.15) is 0 Å². The molecule has 0 aromatic heterocycles. The highest BCUT2D eigenvalue weighted by molar-refractivity contribution is 4.85. The van der Waals surface area contributed by atoms with Gasteiger partial charge < -0.3 is 0 Å². The molecule has 0 aromatic carbocycles. The van der Waals surface area contributed by atoms with Crippen molar-refractivity contribution in [3.8, 4) is 0 Å². The van der Waals surface area contributed by atoms with E-state index in [-0.39, 0.29) is 0 Å². The average Bonchev–Trinajstić information content (AvgIpc) is 2.24. The molecule has 70 valence electrons. The summed E-state index contributed by atoms with van der Waals surface area (Å²) in [5.41, 5.74) is 0. The van der Waals surface area contributed by atoms with Crippen molar-refractivity contribution in [3.05, 3.63) is 12.2 Å². The third-order valence-corrected chi connectivity index (χ3v) is 2.66. The van der Waals surface area contributed by atoms with Crippen LogP contribution in [0, 0.1) is 0 Å². The summed E-state index contributed by atoms with van der Waals surface area (Å²) < 4.78 is 0. The highest BCUT2D eigenvalue weighted by atomic mass is 14.0. The summed E-state index contributed by atoms with van der Waals surface area (Å²) in [6.45, 7) is 0. The van der Waals surface area contributed by atoms with E-state index in [9.17, 15) is 0 Å². The van der Waals surface area contributed by atoms with Crippen molar-refractivity contribution in [2.75, 3.05) is 0 Å². The fourth-order valence-corrected chi connectivity index (χ4v) is 1.82. The maximum absolute atomic E-state index is 2.27. The lowest BCUT2D eigenvalue weighted by Crippen LogP contribution is -1.85. The molecular weight excluding hydrogens is 144 g/mol. The first kappa shape index (κ1) is 9.83. The van der Waals surface area contributed by atoms with E-state index in [4.69, 9.17) is 0 Å². The number of allylic oxidation sites excluding steroid dienone is 2. The van der Waals surface area contributed by atoms with Gasteiger partial charge in [-0.2, -0.15) is 0 Å². The Morgan fingerprint density at radius 1 is 0.417 bits per heavy atom. The molecule has 0 aromatic rings. The van der Waals surface area contributed by atoms with Crippen LogP contribution in [0.3, 0.4) is 0 Å². The van der Waals surface area contributed by atoms with Gasteiger partial charge in [0, 0.05) is 0 Å². The van der Waals surface area contributed by atoms with E-state index >= 15 is 0 Å². The average molecular weight is 166 g/mol. The minimum atomic E-state index is 1.32. The smallest absolute Gasteiger partial charge is 0.0351 e. The predicted molar refractivity (Wildman–Crippen MR) is 55.3 cm³/mol. The Labute approximate surface area is 77.1 Å². The lowest BCUT2D eigenvalue weighted by Gasteiger charge is -2.05. The zero-order chi connectivity index (χ0) is 8.49. The highest BCUT2D eigenvalue weighted by Gasteiger charge is 1.95. The largest absolute Gasteiger partial charge is 0.0885 e. The molecule has 0 heterocycles. The minimum Gasteiger partial charge on any atom is -0.0885 e. The van der Waals surface area contributed by atoms with Gasteiger partial charge in [0.15, 0.2) is 0 Å². The van der Waals surface area contributed by atoms with Crippen LogP contribution < -0.4 is 0 Å². The fourth-order valence-electron chi connectivity index (χ4n) is 1.82. The Morgan fingerprint density at radius 2 is 0.750 bits per heavy atom. The van der Waals surface area contributed by atoms with E-state index in [1.165, 1.54) is 64.2 Å². The molecule has 0 bridgehead atoms. The molecule has 12 heavy (non-hydrogen) atoms. The van der Waals surface area contributed by atoms with Crippen molar-refractivity contribution < 1.29 is 0 Å². The quantitative estimate of drug-likeness (QED) is 0.466. The molecule has 0 spiro atoms. The normalized spacial score (nSPS) is 22.7. The Bertz CT molecular complexity index is 89.7. The van der Waals surface area contributed by atoms with Crippen LogP contribution in [-0.4, -0.2) is 0 Å². The predicted octanol–water partition coefficient (Wildman–Crippen LogP) is 4.46. The molecule has 0 atom stereocenters. The van der Waals surface area contributed by atoms with Crippen LogP contribution in [0.4, 0.5) is 0 Å². The first-order chi connectivity index (χ1) is 6.00. The maximum Gasteiger partial charge on any atom is -0.0351 e. The molecule has 2 aliphatic carbocycles. The minimum absolute atomic E-state index is 1.32. The zero-order valence-electron chi connectivity index (χ0n) is 8.23. The van der Waals surface area contributed by atoms with Crippen molar-refractivity contribution in [3.63, 3.8) is 0 Å². The molecule has 0 unspecified atom stereocenters. The monoisotopic (exact) mass is 166 g/mol. The summed E-state index contributed by atoms with van der Waals surface area (Å²) in [7, 11) is 0. The Balaban J connectivity index is 0.000000120. The summed E-state index contributed by atoms with van der Waals surface area (Å²) >= 11 is 0. The molecule has 0 aliphatic heterocycles. The number of hydrogen-bond acceptors (Lipinski definition) is 0. The van der Waals surface area contributed by atoms with Crippen molar-refractivity contribution in [2.45, 2.75) is 64.2 Å². The van der Waals surface area contributed by atoms with Crippen LogP contribution in [0.25, 0.3) is 0 Å². The number of rotatable bonds is 0. The van der Waals surface area contributed by atoms with Gasteiger partial charge in [-0.05, 0) is 25.7 Å². The van der Waals surface area contributed by atoms with E-state index in [1.807, 2.05) is 0 Å². The van der Waals surface area contributed by atoms with Gasteiger partial charge >= 0.3 is 0 Å². The third kappa shape index (κ3) is 5.40. The summed E-state index contributed by atoms with van der Waals surface area (Å²) in [4.78, 5) is 0. The topological polar surface area (TPSA) is 0 Å². The van der Waals surface area contributed by atoms with Crippen molar-refractivity contribution >= 4 is 0 Å². The molecule has 0 nitrogen and oxygen atoms in total. The van der Waals surface area contributed by atoms with Crippen LogP contribution >= 0.6 is 0 Å². The molecule has 0 N–H and O–H groups in total. The molecule has 0 radical (unpaired) electrons. The lowest BCUT2D eigenvalue weighted by atomic mass is 10.0. The van der Waals surface area contributed by atoms with E-state index < -0.39 is 0 Å². The fraction of sp³-hybridized carbons (Fsp3) is 0.833. The van der Waals surface area contributed by atoms with Crippen molar-refractivity contribution in [2.24, 2.45) is 0 Å². The van der Waals surface area contributed by atoms with Gasteiger partial charge in [-0.25, -0.2) is 0 Å². The molecule has 2 rings (SSSR count). The Hall–Kier alpha value is -0.260. The molecule has 0 heteroatoms. The second-order valence-electron chi connectivity index (χ2n) is 3.88. The summed E-state index contributed by atoms with van der Waals surface area (Å²) in [6.07, 6.45) is 19.0. The van der Waals surface area contributed by atoms with Crippen LogP contribution in [0.2, 0.25) is 0 Å². The first-order valence-corrected chi connectivity index (χ1v) is 5.65. The summed E-state index contributed by atoms with van der Waals surface area (Å²) in [5, 5.41) is 0. The summed E-state index contributed by atoms with van der Waals surface area (Å²) in [6, 6.07) is 0. The SMILES string of the molecule is C1=CCCCC1.C1CCCCC1. The van der Waals surface area contributed by atoms with Crippen LogP contribution in [0.5, 0.6) is 0 Å². The van der Waals surface area contributed by atoms with Gasteiger partial charge in [-0.3, -0.25) is 0 Å². The van der Waals surface area contributed by atoms with Crippen LogP contribution in [0.1, 0.15) is 64.2 Å². The number of hydrogen-bond donors (Lipinski definition) is 0. The molecule has 0 saturated heterocycles. The second-order valence-corrected chi connectivity index (χ2v) is 3.88. The van der Waals surface area contributed by atoms with Crippen molar-refractivity contribution in [1.29, 1.82) is 0 Å². The Kier molecular flexibility index (Phi) is 6.05. The van der Waals surface area contributed by atoms with E-state index in [1.54, 1.807) is 0 Å². The second kappa shape index (κ2) is 7.39. The van der Waals surface area contributed by atoms with Crippen LogP contribution in [-0.2, 0) is 0 Å². The first-order valence-electron chi connectivity index (χ1n) is 5.65. The highest BCUT2D eigenvalue weighted by Crippen LogP contribution is 2.15. The molecule has 2 aliphatic rings. The van der Waals surface area contributed by atoms with Gasteiger partial charge in [0.2, 0.25) is 0 Å². The third-order valence-electron chi connectivity index (χ3n) is 2.66. The summed E-state index contributed by atoms with van der Waals surface area (Å²) in [5.74, 6) is 0. The standard InChI is InChI=1S/C6H12.C6H10/c2*1-2-4-6-5-3-1/h1-6H2;1-2H,3-6H2. The van der Waals surface area contributed by atoms with Gasteiger partial charge in [0.05, 0.1) is 0 Å². The van der Waals surface area contributed by atoms with E-state index in [0.717, 1.165) is 0 Å². The zero-order valence-corrected chi connectivity index (χ0v) is 8.23. The van der Waals surface area contributed by atoms with Crippen molar-refractivity contribution in [1.82, 2.24) is 0 Å². The molecular formula is C12H22. The molecule has 1 fully saturated rings. The van der Waals surface area contributed by atoms with E-state index in [0.29, 0.717) is 0 Å². The lowest BCUT2D eigenvalue weighted by molar-refractivity contribution is 0.504. The van der Waals surface area contributed by atoms with Crippen LogP contribution in [0.15, 0.2) is 12.2 Å². The van der Waals surface area contributed by atoms with Gasteiger partial charge in [-0.15, -0.1) is 0 Å². The van der Waals surface area contributed by atoms with Gasteiger partial charge in [-0.1, -0.05) is 50.7 Å². The molecule has 1 saturated carbocycles. The Morgan fingerprint density at radius 3 is 0.917 bits per heavy atom. The maximum atomic E-state index is 2.27.